The zero-order valence-corrected chi connectivity index (χ0v) is 11.8. The Balaban J connectivity index is 1.72. The minimum Gasteiger partial charge on any atom is -0.330 e. The fourth-order valence-corrected chi connectivity index (χ4v) is 2.51. The van der Waals surface area contributed by atoms with Gasteiger partial charge in [0.25, 0.3) is 0 Å². The highest BCUT2D eigenvalue weighted by Crippen LogP contribution is 2.05. The van der Waals surface area contributed by atoms with E-state index in [0.717, 1.165) is 38.9 Å². The minimum absolute atomic E-state index is 0.745. The Hall–Kier alpha value is -0.970. The zero-order chi connectivity index (χ0) is 13.3. The summed E-state index contributed by atoms with van der Waals surface area (Å²) in [6, 6.07) is 6.37. The summed E-state index contributed by atoms with van der Waals surface area (Å²) < 4.78 is 0. The van der Waals surface area contributed by atoms with Crippen molar-refractivity contribution < 1.29 is 0 Å². The zero-order valence-electron chi connectivity index (χ0n) is 11.8. The predicted molar refractivity (Wildman–Crippen MR) is 79.2 cm³/mol. The number of aryl methyl sites for hydroxylation is 2. The highest BCUT2D eigenvalue weighted by Gasteiger charge is 2.08. The number of hydrogen-bond acceptors (Lipinski definition) is 4. The molecule has 1 saturated heterocycles. The first-order valence-electron chi connectivity index (χ1n) is 7.46. The Bertz CT molecular complexity index is 361. The summed E-state index contributed by atoms with van der Waals surface area (Å²) in [6.07, 6.45) is 4.31. The number of nitrogens with two attached hydrogens (primary N) is 1. The van der Waals surface area contributed by atoms with Gasteiger partial charge in [-0.15, -0.1) is 0 Å². The molecule has 4 heteroatoms. The van der Waals surface area contributed by atoms with E-state index in [9.17, 15) is 0 Å². The van der Waals surface area contributed by atoms with Crippen LogP contribution in [0.4, 0.5) is 0 Å². The summed E-state index contributed by atoms with van der Waals surface area (Å²) in [5, 5.41) is 3.39. The Kier molecular flexibility index (Phi) is 6.27. The van der Waals surface area contributed by atoms with Gasteiger partial charge in [0.15, 0.2) is 0 Å². The lowest BCUT2D eigenvalue weighted by atomic mass is 10.1. The molecule has 0 spiro atoms. The van der Waals surface area contributed by atoms with Crippen LogP contribution in [0.3, 0.4) is 0 Å². The third kappa shape index (κ3) is 5.27. The molecule has 19 heavy (non-hydrogen) atoms. The molecule has 1 fully saturated rings. The number of pyridine rings is 1. The van der Waals surface area contributed by atoms with E-state index in [4.69, 9.17) is 10.7 Å². The number of nitrogens with zero attached hydrogens (tertiary/aromatic N) is 2. The van der Waals surface area contributed by atoms with Gasteiger partial charge in [0.05, 0.1) is 0 Å². The van der Waals surface area contributed by atoms with E-state index in [0.29, 0.717) is 0 Å². The number of rotatable bonds is 7. The van der Waals surface area contributed by atoms with Gasteiger partial charge in [-0.25, -0.2) is 0 Å². The van der Waals surface area contributed by atoms with Crippen molar-refractivity contribution in [3.05, 3.63) is 29.6 Å². The van der Waals surface area contributed by atoms with Crippen LogP contribution in [0.15, 0.2) is 18.2 Å². The monoisotopic (exact) mass is 262 g/mol. The number of hydrogen-bond donors (Lipinski definition) is 2. The van der Waals surface area contributed by atoms with Gasteiger partial charge in [-0.1, -0.05) is 6.07 Å². The normalized spacial score (nSPS) is 16.7. The molecule has 1 aliphatic rings. The third-order valence-electron chi connectivity index (χ3n) is 3.62. The standard InChI is InChI=1S/C15H26N4/c16-8-2-6-14-4-1-5-15(18-14)7-3-11-19-12-9-17-10-13-19/h1,4-5,17H,2-3,6-13,16H2. The number of nitrogens with one attached hydrogen (secondary N) is 1. The molecule has 0 aliphatic carbocycles. The predicted octanol–water partition coefficient (Wildman–Crippen LogP) is 0.811. The van der Waals surface area contributed by atoms with E-state index in [1.54, 1.807) is 0 Å². The average Bonchev–Trinajstić information content (AvgIpc) is 2.47. The molecule has 1 aromatic heterocycles. The Morgan fingerprint density at radius 2 is 1.79 bits per heavy atom. The lowest BCUT2D eigenvalue weighted by Crippen LogP contribution is -2.43. The van der Waals surface area contributed by atoms with Gasteiger partial charge in [0.2, 0.25) is 0 Å². The lowest BCUT2D eigenvalue weighted by Gasteiger charge is -2.26. The summed E-state index contributed by atoms with van der Waals surface area (Å²) in [6.45, 7) is 6.57. The summed E-state index contributed by atoms with van der Waals surface area (Å²) >= 11 is 0. The second-order valence-electron chi connectivity index (χ2n) is 5.21. The molecule has 4 nitrogen and oxygen atoms in total. The van der Waals surface area contributed by atoms with E-state index in [1.807, 2.05) is 0 Å². The van der Waals surface area contributed by atoms with Gasteiger partial charge in [-0.05, 0) is 50.9 Å². The van der Waals surface area contributed by atoms with Crippen molar-refractivity contribution in [1.82, 2.24) is 15.2 Å². The summed E-state index contributed by atoms with van der Waals surface area (Å²) in [5.41, 5.74) is 7.95. The Labute approximate surface area is 116 Å². The number of aromatic nitrogens is 1. The second kappa shape index (κ2) is 8.25. The topological polar surface area (TPSA) is 54.2 Å². The van der Waals surface area contributed by atoms with Crippen LogP contribution in [-0.2, 0) is 12.8 Å². The van der Waals surface area contributed by atoms with Gasteiger partial charge in [-0.2, -0.15) is 0 Å². The molecule has 0 radical (unpaired) electrons. The highest BCUT2D eigenvalue weighted by atomic mass is 15.2. The van der Waals surface area contributed by atoms with Crippen LogP contribution >= 0.6 is 0 Å². The van der Waals surface area contributed by atoms with Crippen molar-refractivity contribution >= 4 is 0 Å². The van der Waals surface area contributed by atoms with Crippen LogP contribution in [0.5, 0.6) is 0 Å². The van der Waals surface area contributed by atoms with Crippen LogP contribution in [0.1, 0.15) is 24.2 Å². The molecule has 0 saturated carbocycles. The molecule has 106 valence electrons. The van der Waals surface area contributed by atoms with Crippen molar-refractivity contribution in [2.75, 3.05) is 39.3 Å². The van der Waals surface area contributed by atoms with Crippen molar-refractivity contribution in [2.45, 2.75) is 25.7 Å². The number of piperazine rings is 1. The SMILES string of the molecule is NCCCc1cccc(CCCN2CCNCC2)n1. The molecular formula is C15H26N4. The van der Waals surface area contributed by atoms with Crippen molar-refractivity contribution in [2.24, 2.45) is 5.73 Å². The molecule has 0 amide bonds. The van der Waals surface area contributed by atoms with Gasteiger partial charge < -0.3 is 16.0 Å². The molecule has 0 unspecified atom stereocenters. The third-order valence-corrected chi connectivity index (χ3v) is 3.62. The quantitative estimate of drug-likeness (QED) is 0.763. The first-order chi connectivity index (χ1) is 9.38. The van der Waals surface area contributed by atoms with E-state index >= 15 is 0 Å². The van der Waals surface area contributed by atoms with Crippen LogP contribution in [-0.4, -0.2) is 49.2 Å². The van der Waals surface area contributed by atoms with Gasteiger partial charge in [0.1, 0.15) is 0 Å². The van der Waals surface area contributed by atoms with Crippen molar-refractivity contribution in [1.29, 1.82) is 0 Å². The smallest absolute Gasteiger partial charge is 0.0407 e. The Morgan fingerprint density at radius 1 is 1.11 bits per heavy atom. The maximum atomic E-state index is 5.54. The van der Waals surface area contributed by atoms with E-state index < -0.39 is 0 Å². The molecule has 2 heterocycles. The van der Waals surface area contributed by atoms with E-state index in [1.165, 1.54) is 37.4 Å². The van der Waals surface area contributed by atoms with Gasteiger partial charge in [-0.3, -0.25) is 4.98 Å². The largest absolute Gasteiger partial charge is 0.330 e. The molecule has 3 N–H and O–H groups in total. The second-order valence-corrected chi connectivity index (χ2v) is 5.21. The molecule has 1 aliphatic heterocycles. The molecular weight excluding hydrogens is 236 g/mol. The summed E-state index contributed by atoms with van der Waals surface area (Å²) in [4.78, 5) is 7.24. The molecule has 2 rings (SSSR count). The fraction of sp³-hybridized carbons (Fsp3) is 0.667. The van der Waals surface area contributed by atoms with Crippen molar-refractivity contribution in [3.8, 4) is 0 Å². The first kappa shape index (κ1) is 14.4. The maximum Gasteiger partial charge on any atom is 0.0407 e. The molecule has 0 bridgehead atoms. The first-order valence-corrected chi connectivity index (χ1v) is 7.46. The van der Waals surface area contributed by atoms with Gasteiger partial charge >= 0.3 is 0 Å². The molecule has 1 aromatic rings. The minimum atomic E-state index is 0.745. The fourth-order valence-electron chi connectivity index (χ4n) is 2.51. The van der Waals surface area contributed by atoms with Crippen LogP contribution in [0.2, 0.25) is 0 Å². The van der Waals surface area contributed by atoms with Crippen LogP contribution in [0, 0.1) is 0 Å². The lowest BCUT2D eigenvalue weighted by molar-refractivity contribution is 0.238. The average molecular weight is 262 g/mol. The Morgan fingerprint density at radius 3 is 2.47 bits per heavy atom. The van der Waals surface area contributed by atoms with Crippen LogP contribution in [0.25, 0.3) is 0 Å². The molecule has 0 aromatic carbocycles. The van der Waals surface area contributed by atoms with Crippen molar-refractivity contribution in [3.63, 3.8) is 0 Å². The highest BCUT2D eigenvalue weighted by molar-refractivity contribution is 5.11. The van der Waals surface area contributed by atoms with Gasteiger partial charge in [0, 0.05) is 37.6 Å². The summed E-state index contributed by atoms with van der Waals surface area (Å²) in [7, 11) is 0. The summed E-state index contributed by atoms with van der Waals surface area (Å²) in [5.74, 6) is 0. The maximum absolute atomic E-state index is 5.54. The van der Waals surface area contributed by atoms with E-state index in [2.05, 4.69) is 28.4 Å². The van der Waals surface area contributed by atoms with Crippen LogP contribution < -0.4 is 11.1 Å². The molecule has 0 atom stereocenters. The van der Waals surface area contributed by atoms with E-state index in [-0.39, 0.29) is 0 Å².